The first-order valence-electron chi connectivity index (χ1n) is 10.2. The summed E-state index contributed by atoms with van der Waals surface area (Å²) in [4.78, 5) is 14.8. The molecule has 0 aliphatic carbocycles. The molecule has 2 aromatic carbocycles. The molecule has 10 nitrogen and oxygen atoms in total. The number of piperazine rings is 1. The van der Waals surface area contributed by atoms with Gasteiger partial charge in [0.2, 0.25) is 10.0 Å². The molecule has 1 saturated heterocycles. The molecule has 0 bridgehead atoms. The largest absolute Gasteiger partial charge is 0.497 e. The van der Waals surface area contributed by atoms with E-state index in [-0.39, 0.29) is 10.6 Å². The van der Waals surface area contributed by atoms with Crippen LogP contribution in [0.15, 0.2) is 47.4 Å². The molecular formula is C21H28N4O6S. The highest BCUT2D eigenvalue weighted by Crippen LogP contribution is 2.31. The van der Waals surface area contributed by atoms with E-state index in [0.29, 0.717) is 50.8 Å². The summed E-state index contributed by atoms with van der Waals surface area (Å²) < 4.78 is 38.1. The van der Waals surface area contributed by atoms with Crippen molar-refractivity contribution in [2.45, 2.75) is 4.90 Å². The summed E-state index contributed by atoms with van der Waals surface area (Å²) in [6.07, 6.45) is 0. The van der Waals surface area contributed by atoms with Crippen molar-refractivity contribution in [1.82, 2.24) is 9.21 Å². The van der Waals surface area contributed by atoms with E-state index >= 15 is 0 Å². The number of nitrogens with zero attached hydrogens (tertiary/aromatic N) is 4. The summed E-state index contributed by atoms with van der Waals surface area (Å²) in [5, 5.41) is 11.7. The smallest absolute Gasteiger partial charge is 0.293 e. The maximum atomic E-state index is 13.0. The van der Waals surface area contributed by atoms with Crippen molar-refractivity contribution < 1.29 is 22.8 Å². The van der Waals surface area contributed by atoms with Gasteiger partial charge in [0.15, 0.2) is 0 Å². The summed E-state index contributed by atoms with van der Waals surface area (Å²) in [6, 6.07) is 11.2. The van der Waals surface area contributed by atoms with Gasteiger partial charge in [0.05, 0.1) is 23.5 Å². The number of nitro groups is 1. The third-order valence-electron chi connectivity index (χ3n) is 5.41. The number of rotatable bonds is 9. The van der Waals surface area contributed by atoms with Crippen molar-refractivity contribution in [3.05, 3.63) is 52.6 Å². The highest BCUT2D eigenvalue weighted by atomic mass is 32.2. The lowest BCUT2D eigenvalue weighted by Crippen LogP contribution is -2.47. The molecule has 1 fully saturated rings. The van der Waals surface area contributed by atoms with Crippen LogP contribution in [0.4, 0.5) is 11.4 Å². The standard InChI is InChI=1S/C21H28N4O6S/c1-22-10-12-24(13-11-22)32(28,29)19-8-9-20(21(16-19)25(26)27)23(2)14-15-31-18-6-4-17(30-3)5-7-18/h4-9,16H,10-15H2,1-3H3. The Kier molecular flexibility index (Phi) is 7.54. The molecule has 0 aromatic heterocycles. The number of anilines is 1. The van der Waals surface area contributed by atoms with Crippen molar-refractivity contribution in [2.75, 3.05) is 65.4 Å². The number of ether oxygens (including phenoxy) is 2. The Bertz CT molecular complexity index is 1040. The van der Waals surface area contributed by atoms with Gasteiger partial charge in [-0.1, -0.05) is 0 Å². The summed E-state index contributed by atoms with van der Waals surface area (Å²) in [6.45, 7) is 2.62. The minimum absolute atomic E-state index is 0.0691. The number of benzene rings is 2. The number of nitro benzene ring substituents is 1. The van der Waals surface area contributed by atoms with Crippen LogP contribution in [0.3, 0.4) is 0 Å². The van der Waals surface area contributed by atoms with Gasteiger partial charge in [0, 0.05) is 39.3 Å². The van der Waals surface area contributed by atoms with Crippen LogP contribution < -0.4 is 14.4 Å². The molecule has 0 saturated carbocycles. The summed E-state index contributed by atoms with van der Waals surface area (Å²) >= 11 is 0. The fourth-order valence-electron chi connectivity index (χ4n) is 3.40. The molecular weight excluding hydrogens is 436 g/mol. The van der Waals surface area contributed by atoms with Gasteiger partial charge in [-0.15, -0.1) is 0 Å². The van der Waals surface area contributed by atoms with Gasteiger partial charge >= 0.3 is 0 Å². The molecule has 11 heteroatoms. The van der Waals surface area contributed by atoms with E-state index in [1.807, 2.05) is 11.9 Å². The van der Waals surface area contributed by atoms with Crippen LogP contribution >= 0.6 is 0 Å². The molecule has 0 spiro atoms. The molecule has 3 rings (SSSR count). The highest BCUT2D eigenvalue weighted by molar-refractivity contribution is 7.89. The van der Waals surface area contributed by atoms with E-state index in [1.165, 1.54) is 16.4 Å². The molecule has 0 atom stereocenters. The Morgan fingerprint density at radius 3 is 2.28 bits per heavy atom. The third-order valence-corrected chi connectivity index (χ3v) is 7.30. The van der Waals surface area contributed by atoms with Crippen LogP contribution in [0, 0.1) is 10.1 Å². The number of sulfonamides is 1. The van der Waals surface area contributed by atoms with Gasteiger partial charge in [-0.05, 0) is 43.4 Å². The monoisotopic (exact) mass is 464 g/mol. The predicted octanol–water partition coefficient (Wildman–Crippen LogP) is 2.05. The summed E-state index contributed by atoms with van der Waals surface area (Å²) in [7, 11) is 1.42. The highest BCUT2D eigenvalue weighted by Gasteiger charge is 2.30. The van der Waals surface area contributed by atoms with Gasteiger partial charge in [-0.2, -0.15) is 4.31 Å². The maximum Gasteiger partial charge on any atom is 0.293 e. The van der Waals surface area contributed by atoms with Gasteiger partial charge < -0.3 is 19.3 Å². The fraction of sp³-hybridized carbons (Fsp3) is 0.429. The zero-order valence-corrected chi connectivity index (χ0v) is 19.2. The van der Waals surface area contributed by atoms with Gasteiger partial charge in [0.1, 0.15) is 23.8 Å². The SMILES string of the molecule is COc1ccc(OCCN(C)c2ccc(S(=O)(=O)N3CCN(C)CC3)cc2[N+](=O)[O-])cc1. The molecule has 0 unspecified atom stereocenters. The Labute approximate surface area is 188 Å². The average molecular weight is 465 g/mol. The van der Waals surface area contributed by atoms with Crippen LogP contribution in [0.1, 0.15) is 0 Å². The van der Waals surface area contributed by atoms with E-state index in [9.17, 15) is 18.5 Å². The van der Waals surface area contributed by atoms with Gasteiger partial charge in [-0.3, -0.25) is 10.1 Å². The molecule has 0 radical (unpaired) electrons. The van der Waals surface area contributed by atoms with Crippen molar-refractivity contribution >= 4 is 21.4 Å². The molecule has 1 heterocycles. The van der Waals surface area contributed by atoms with E-state index in [0.717, 1.165) is 11.8 Å². The lowest BCUT2D eigenvalue weighted by Gasteiger charge is -2.31. The van der Waals surface area contributed by atoms with Crippen molar-refractivity contribution in [3.63, 3.8) is 0 Å². The Morgan fingerprint density at radius 1 is 1.06 bits per heavy atom. The summed E-state index contributed by atoms with van der Waals surface area (Å²) in [5.74, 6) is 1.37. The topological polar surface area (TPSA) is 105 Å². The van der Waals surface area contributed by atoms with Gasteiger partial charge in [-0.25, -0.2) is 8.42 Å². The predicted molar refractivity (Wildman–Crippen MR) is 121 cm³/mol. The second-order valence-electron chi connectivity index (χ2n) is 7.56. The third kappa shape index (κ3) is 5.47. The van der Waals surface area contributed by atoms with Crippen LogP contribution in [0.25, 0.3) is 0 Å². The first-order chi connectivity index (χ1) is 15.2. The second kappa shape index (κ2) is 10.2. The normalized spacial score (nSPS) is 15.3. The molecule has 0 N–H and O–H groups in total. The van der Waals surface area contributed by atoms with Gasteiger partial charge in [0.25, 0.3) is 5.69 Å². The second-order valence-corrected chi connectivity index (χ2v) is 9.50. The minimum Gasteiger partial charge on any atom is -0.497 e. The molecule has 32 heavy (non-hydrogen) atoms. The van der Waals surface area contributed by atoms with Crippen molar-refractivity contribution in [2.24, 2.45) is 0 Å². The minimum atomic E-state index is -3.79. The number of likely N-dealkylation sites (N-methyl/N-ethyl adjacent to an activating group) is 2. The quantitative estimate of drug-likeness (QED) is 0.410. The molecule has 2 aromatic rings. The van der Waals surface area contributed by atoms with Crippen LogP contribution in [-0.2, 0) is 10.0 Å². The van der Waals surface area contributed by atoms with E-state index in [1.54, 1.807) is 43.3 Å². The fourth-order valence-corrected chi connectivity index (χ4v) is 4.85. The van der Waals surface area contributed by atoms with Crippen molar-refractivity contribution in [3.8, 4) is 11.5 Å². The molecule has 174 valence electrons. The summed E-state index contributed by atoms with van der Waals surface area (Å²) in [5.41, 5.74) is 0.0674. The number of hydrogen-bond acceptors (Lipinski definition) is 8. The van der Waals surface area contributed by atoms with E-state index in [2.05, 4.69) is 0 Å². The molecule has 1 aliphatic heterocycles. The first kappa shape index (κ1) is 23.8. The van der Waals surface area contributed by atoms with Crippen molar-refractivity contribution in [1.29, 1.82) is 0 Å². The lowest BCUT2D eigenvalue weighted by molar-refractivity contribution is -0.384. The van der Waals surface area contributed by atoms with E-state index in [4.69, 9.17) is 9.47 Å². The zero-order chi connectivity index (χ0) is 23.3. The lowest BCUT2D eigenvalue weighted by atomic mass is 10.2. The zero-order valence-electron chi connectivity index (χ0n) is 18.4. The Balaban J connectivity index is 1.71. The number of hydrogen-bond donors (Lipinski definition) is 0. The Morgan fingerprint density at radius 2 is 1.69 bits per heavy atom. The average Bonchev–Trinajstić information content (AvgIpc) is 2.79. The van der Waals surface area contributed by atoms with Crippen LogP contribution in [0.2, 0.25) is 0 Å². The maximum absolute atomic E-state index is 13.0. The first-order valence-corrected chi connectivity index (χ1v) is 11.6. The number of methoxy groups -OCH3 is 1. The van der Waals surface area contributed by atoms with Crippen LogP contribution in [-0.4, -0.2) is 83.1 Å². The molecule has 0 amide bonds. The Hall–Kier alpha value is -2.89. The molecule has 1 aliphatic rings. The van der Waals surface area contributed by atoms with Crippen LogP contribution in [0.5, 0.6) is 11.5 Å². The van der Waals surface area contributed by atoms with E-state index < -0.39 is 14.9 Å².